The maximum absolute atomic E-state index is 5.36. The van der Waals surface area contributed by atoms with Gasteiger partial charge in [0.2, 0.25) is 5.89 Å². The fourth-order valence-electron chi connectivity index (χ4n) is 2.57. The van der Waals surface area contributed by atoms with Gasteiger partial charge in [0.15, 0.2) is 5.82 Å². The fourth-order valence-corrected chi connectivity index (χ4v) is 2.57. The zero-order valence-corrected chi connectivity index (χ0v) is 13.1. The van der Waals surface area contributed by atoms with Gasteiger partial charge in [-0.3, -0.25) is 0 Å². The number of nitrogens with zero attached hydrogens (tertiary/aromatic N) is 4. The van der Waals surface area contributed by atoms with Crippen molar-refractivity contribution in [2.75, 3.05) is 13.7 Å². The van der Waals surface area contributed by atoms with E-state index in [-0.39, 0.29) is 5.41 Å². The van der Waals surface area contributed by atoms with Crippen molar-refractivity contribution in [2.45, 2.75) is 26.8 Å². The van der Waals surface area contributed by atoms with Crippen LogP contribution in [0.15, 0.2) is 35.1 Å². The van der Waals surface area contributed by atoms with Gasteiger partial charge in [0, 0.05) is 13.5 Å². The van der Waals surface area contributed by atoms with E-state index in [9.17, 15) is 0 Å². The topological polar surface area (TPSA) is 66.0 Å². The molecule has 0 bridgehead atoms. The zero-order chi connectivity index (χ0) is 15.6. The minimum absolute atomic E-state index is 0.0275. The minimum Gasteiger partial charge on any atom is -0.384 e. The maximum Gasteiger partial charge on any atom is 0.227 e. The molecule has 0 unspecified atom stereocenters. The van der Waals surface area contributed by atoms with Crippen LogP contribution < -0.4 is 0 Å². The monoisotopic (exact) mass is 300 g/mol. The number of para-hydroxylation sites is 2. The molecule has 0 aliphatic heterocycles. The van der Waals surface area contributed by atoms with Crippen molar-refractivity contribution in [2.24, 2.45) is 5.41 Å². The standard InChI is InChI=1S/C16H20N4O2/c1-16(2,10-21-3)8-15-18-14(19-22-15)9-20-11-17-12-6-4-5-7-13(12)20/h4-7,11H,8-10H2,1-3H3. The maximum atomic E-state index is 5.36. The third-order valence-corrected chi connectivity index (χ3v) is 3.51. The number of ether oxygens (including phenoxy) is 1. The Hall–Kier alpha value is -2.21. The molecule has 2 aromatic heterocycles. The van der Waals surface area contributed by atoms with Crippen molar-refractivity contribution in [3.05, 3.63) is 42.3 Å². The molecule has 6 nitrogen and oxygen atoms in total. The SMILES string of the molecule is COCC(C)(C)Cc1nc(Cn2cnc3ccccc32)no1. The summed E-state index contributed by atoms with van der Waals surface area (Å²) in [5, 5.41) is 4.07. The Morgan fingerprint density at radius 3 is 2.91 bits per heavy atom. The number of benzene rings is 1. The van der Waals surface area contributed by atoms with Crippen LogP contribution in [0.3, 0.4) is 0 Å². The van der Waals surface area contributed by atoms with Crippen molar-refractivity contribution >= 4 is 11.0 Å². The van der Waals surface area contributed by atoms with Crippen LogP contribution in [-0.4, -0.2) is 33.4 Å². The van der Waals surface area contributed by atoms with E-state index < -0.39 is 0 Å². The van der Waals surface area contributed by atoms with E-state index in [0.717, 1.165) is 11.0 Å². The second kappa shape index (κ2) is 5.88. The Labute approximate surface area is 129 Å². The molecular weight excluding hydrogens is 280 g/mol. The number of fused-ring (bicyclic) bond motifs is 1. The van der Waals surface area contributed by atoms with Crippen molar-refractivity contribution in [1.82, 2.24) is 19.7 Å². The Morgan fingerprint density at radius 1 is 1.27 bits per heavy atom. The fraction of sp³-hybridized carbons (Fsp3) is 0.438. The van der Waals surface area contributed by atoms with Gasteiger partial charge < -0.3 is 13.8 Å². The summed E-state index contributed by atoms with van der Waals surface area (Å²) in [4.78, 5) is 8.84. The Kier molecular flexibility index (Phi) is 3.94. The summed E-state index contributed by atoms with van der Waals surface area (Å²) in [6.07, 6.45) is 2.49. The molecule has 6 heteroatoms. The van der Waals surface area contributed by atoms with Gasteiger partial charge in [-0.25, -0.2) is 4.98 Å². The molecule has 0 saturated carbocycles. The van der Waals surface area contributed by atoms with E-state index in [1.165, 1.54) is 0 Å². The highest BCUT2D eigenvalue weighted by Gasteiger charge is 2.22. The molecular formula is C16H20N4O2. The summed E-state index contributed by atoms with van der Waals surface area (Å²) >= 11 is 0. The number of aromatic nitrogens is 4. The van der Waals surface area contributed by atoms with Crippen molar-refractivity contribution in [1.29, 1.82) is 0 Å². The first-order chi connectivity index (χ1) is 10.6. The Bertz CT molecular complexity index is 760. The summed E-state index contributed by atoms with van der Waals surface area (Å²) in [5.41, 5.74) is 2.00. The average Bonchev–Trinajstić information content (AvgIpc) is 3.07. The summed E-state index contributed by atoms with van der Waals surface area (Å²) in [7, 11) is 1.70. The second-order valence-electron chi connectivity index (χ2n) is 6.24. The predicted octanol–water partition coefficient (Wildman–Crippen LogP) is 2.68. The highest BCUT2D eigenvalue weighted by molar-refractivity contribution is 5.74. The average molecular weight is 300 g/mol. The first kappa shape index (κ1) is 14.7. The number of hydrogen-bond donors (Lipinski definition) is 0. The molecule has 0 aliphatic carbocycles. The molecule has 0 saturated heterocycles. The highest BCUT2D eigenvalue weighted by atomic mass is 16.5. The van der Waals surface area contributed by atoms with Gasteiger partial charge in [-0.1, -0.05) is 31.1 Å². The normalized spacial score (nSPS) is 12.1. The zero-order valence-electron chi connectivity index (χ0n) is 13.1. The lowest BCUT2D eigenvalue weighted by molar-refractivity contribution is 0.0982. The summed E-state index contributed by atoms with van der Waals surface area (Å²) in [6, 6.07) is 7.99. The summed E-state index contributed by atoms with van der Waals surface area (Å²) in [6.45, 7) is 5.43. The van der Waals surface area contributed by atoms with E-state index >= 15 is 0 Å². The van der Waals surface area contributed by atoms with Crippen molar-refractivity contribution < 1.29 is 9.26 Å². The van der Waals surface area contributed by atoms with Crippen LogP contribution in [0.5, 0.6) is 0 Å². The van der Waals surface area contributed by atoms with Crippen LogP contribution >= 0.6 is 0 Å². The summed E-state index contributed by atoms with van der Waals surface area (Å²) < 4.78 is 12.6. The number of hydrogen-bond acceptors (Lipinski definition) is 5. The van der Waals surface area contributed by atoms with Gasteiger partial charge in [-0.05, 0) is 17.5 Å². The van der Waals surface area contributed by atoms with Gasteiger partial charge in [0.05, 0.1) is 30.5 Å². The van der Waals surface area contributed by atoms with Gasteiger partial charge in [0.25, 0.3) is 0 Å². The third kappa shape index (κ3) is 3.17. The minimum atomic E-state index is -0.0275. The quantitative estimate of drug-likeness (QED) is 0.700. The second-order valence-corrected chi connectivity index (χ2v) is 6.24. The molecule has 3 aromatic rings. The highest BCUT2D eigenvalue weighted by Crippen LogP contribution is 2.21. The molecule has 0 radical (unpaired) electrons. The largest absolute Gasteiger partial charge is 0.384 e. The number of rotatable bonds is 6. The molecule has 0 amide bonds. The van der Waals surface area contributed by atoms with Gasteiger partial charge in [-0.15, -0.1) is 0 Å². The van der Waals surface area contributed by atoms with Crippen LogP contribution in [0, 0.1) is 5.41 Å². The first-order valence-corrected chi connectivity index (χ1v) is 7.28. The van der Waals surface area contributed by atoms with Crippen LogP contribution in [0.2, 0.25) is 0 Å². The van der Waals surface area contributed by atoms with Gasteiger partial charge in [0.1, 0.15) is 0 Å². The molecule has 0 N–H and O–H groups in total. The predicted molar refractivity (Wildman–Crippen MR) is 82.5 cm³/mol. The number of methoxy groups -OCH3 is 1. The Balaban J connectivity index is 1.74. The van der Waals surface area contributed by atoms with Crippen LogP contribution in [0.1, 0.15) is 25.6 Å². The van der Waals surface area contributed by atoms with E-state index in [2.05, 4.69) is 29.0 Å². The lowest BCUT2D eigenvalue weighted by Gasteiger charge is -2.20. The lowest BCUT2D eigenvalue weighted by Crippen LogP contribution is -2.21. The molecule has 0 fully saturated rings. The van der Waals surface area contributed by atoms with E-state index in [4.69, 9.17) is 9.26 Å². The lowest BCUT2D eigenvalue weighted by atomic mass is 9.90. The summed E-state index contributed by atoms with van der Waals surface area (Å²) in [5.74, 6) is 1.30. The molecule has 0 aliphatic rings. The van der Waals surface area contributed by atoms with E-state index in [0.29, 0.717) is 31.3 Å². The first-order valence-electron chi connectivity index (χ1n) is 7.28. The van der Waals surface area contributed by atoms with Crippen molar-refractivity contribution in [3.63, 3.8) is 0 Å². The van der Waals surface area contributed by atoms with E-state index in [1.54, 1.807) is 13.4 Å². The van der Waals surface area contributed by atoms with Gasteiger partial charge >= 0.3 is 0 Å². The van der Waals surface area contributed by atoms with Crippen molar-refractivity contribution in [3.8, 4) is 0 Å². The molecule has 2 heterocycles. The van der Waals surface area contributed by atoms with Crippen LogP contribution in [0.4, 0.5) is 0 Å². The molecule has 3 rings (SSSR count). The Morgan fingerprint density at radius 2 is 2.09 bits per heavy atom. The molecule has 1 aromatic carbocycles. The molecule has 0 spiro atoms. The number of imidazole rings is 1. The van der Waals surface area contributed by atoms with E-state index in [1.807, 2.05) is 28.8 Å². The third-order valence-electron chi connectivity index (χ3n) is 3.51. The molecule has 0 atom stereocenters. The molecule has 116 valence electrons. The smallest absolute Gasteiger partial charge is 0.227 e. The van der Waals surface area contributed by atoms with Gasteiger partial charge in [-0.2, -0.15) is 4.98 Å². The van der Waals surface area contributed by atoms with Crippen LogP contribution in [0.25, 0.3) is 11.0 Å². The van der Waals surface area contributed by atoms with Crippen LogP contribution in [-0.2, 0) is 17.7 Å². The molecule has 22 heavy (non-hydrogen) atoms.